The molecule has 1 unspecified atom stereocenters. The molecule has 1 atom stereocenters. The number of ether oxygens (including phenoxy) is 1. The van der Waals surface area contributed by atoms with Crippen LogP contribution in [0.3, 0.4) is 0 Å². The van der Waals surface area contributed by atoms with Gasteiger partial charge in [-0.25, -0.2) is 14.2 Å². The second-order valence-electron chi connectivity index (χ2n) is 7.23. The van der Waals surface area contributed by atoms with Gasteiger partial charge in [0.2, 0.25) is 5.91 Å². The number of nitrogens with zero attached hydrogens (tertiary/aromatic N) is 8. The first-order valence-corrected chi connectivity index (χ1v) is 10.6. The molecule has 2 amide bonds. The third-order valence-corrected chi connectivity index (χ3v) is 4.90. The van der Waals surface area contributed by atoms with Gasteiger partial charge < -0.3 is 9.64 Å². The van der Waals surface area contributed by atoms with Gasteiger partial charge in [-0.15, -0.1) is 10.2 Å². The molecule has 11 heteroatoms. The van der Waals surface area contributed by atoms with Crippen LogP contribution in [0.1, 0.15) is 45.4 Å². The van der Waals surface area contributed by atoms with E-state index in [2.05, 4.69) is 32.5 Å². The van der Waals surface area contributed by atoms with Crippen molar-refractivity contribution in [3.63, 3.8) is 0 Å². The predicted molar refractivity (Wildman–Crippen MR) is 110 cm³/mol. The molecule has 0 saturated heterocycles. The molecule has 2 heterocycles. The monoisotopic (exact) mass is 428 g/mol. The summed E-state index contributed by atoms with van der Waals surface area (Å²) in [6, 6.07) is 0. The summed E-state index contributed by atoms with van der Waals surface area (Å²) in [5.74, 6) is 6.09. The van der Waals surface area contributed by atoms with Gasteiger partial charge in [0.25, 0.3) is 0 Å². The summed E-state index contributed by atoms with van der Waals surface area (Å²) in [7, 11) is 0. The zero-order valence-corrected chi connectivity index (χ0v) is 17.8. The fourth-order valence-corrected chi connectivity index (χ4v) is 3.19. The zero-order valence-electron chi connectivity index (χ0n) is 17.8. The van der Waals surface area contributed by atoms with Crippen molar-refractivity contribution in [2.24, 2.45) is 0 Å². The van der Waals surface area contributed by atoms with Crippen LogP contribution in [0.4, 0.5) is 4.79 Å². The number of amides is 2. The maximum absolute atomic E-state index is 12.9. The second-order valence-corrected chi connectivity index (χ2v) is 7.23. The average molecular weight is 428 g/mol. The van der Waals surface area contributed by atoms with E-state index in [1.54, 1.807) is 41.3 Å². The third-order valence-electron chi connectivity index (χ3n) is 4.90. The summed E-state index contributed by atoms with van der Waals surface area (Å²) in [6.45, 7) is 2.79. The topological polar surface area (TPSA) is 111 Å². The molecular formula is C20H28N8O3. The van der Waals surface area contributed by atoms with Crippen LogP contribution in [0.25, 0.3) is 0 Å². The van der Waals surface area contributed by atoms with Gasteiger partial charge in [-0.05, 0) is 19.3 Å². The van der Waals surface area contributed by atoms with Crippen molar-refractivity contribution in [3.05, 3.63) is 24.8 Å². The molecule has 3 rings (SSSR count). The lowest BCUT2D eigenvalue weighted by Gasteiger charge is -2.28. The van der Waals surface area contributed by atoms with Crippen molar-refractivity contribution in [2.75, 3.05) is 13.1 Å². The molecule has 1 aliphatic rings. The second kappa shape index (κ2) is 11.7. The molecule has 0 aromatic carbocycles. The number of hydrogen-bond acceptors (Lipinski definition) is 7. The van der Waals surface area contributed by atoms with Crippen molar-refractivity contribution in [1.82, 2.24) is 39.8 Å². The maximum atomic E-state index is 12.9. The zero-order chi connectivity index (χ0) is 21.9. The molecule has 11 nitrogen and oxygen atoms in total. The quantitative estimate of drug-likeness (QED) is 0.557. The van der Waals surface area contributed by atoms with Gasteiger partial charge in [-0.3, -0.25) is 9.69 Å². The lowest BCUT2D eigenvalue weighted by atomic mass is 10.1. The Morgan fingerprint density at radius 2 is 1.71 bits per heavy atom. The summed E-state index contributed by atoms with van der Waals surface area (Å²) in [6.07, 6.45) is 10.6. The average Bonchev–Trinajstić information content (AvgIpc) is 3.45. The van der Waals surface area contributed by atoms with E-state index < -0.39 is 12.2 Å². The van der Waals surface area contributed by atoms with E-state index in [4.69, 9.17) is 4.74 Å². The van der Waals surface area contributed by atoms with E-state index in [1.165, 1.54) is 9.58 Å². The Bertz CT molecular complexity index is 872. The molecule has 2 aromatic heterocycles. The van der Waals surface area contributed by atoms with Crippen molar-refractivity contribution in [1.29, 1.82) is 0 Å². The van der Waals surface area contributed by atoms with Crippen molar-refractivity contribution >= 4 is 12.0 Å². The Hall–Kier alpha value is -3.42. The van der Waals surface area contributed by atoms with Gasteiger partial charge in [0.15, 0.2) is 6.10 Å². The number of hydrogen-bond donors (Lipinski definition) is 0. The molecule has 1 aliphatic carbocycles. The van der Waals surface area contributed by atoms with Crippen molar-refractivity contribution in [2.45, 2.75) is 64.9 Å². The first-order valence-electron chi connectivity index (χ1n) is 10.6. The van der Waals surface area contributed by atoms with Gasteiger partial charge in [0.1, 0.15) is 13.3 Å². The number of carbonyl (C=O) groups is 2. The van der Waals surface area contributed by atoms with Crippen LogP contribution in [0.5, 0.6) is 0 Å². The van der Waals surface area contributed by atoms with Crippen LogP contribution in [0.2, 0.25) is 0 Å². The van der Waals surface area contributed by atoms with Gasteiger partial charge in [-0.2, -0.15) is 0 Å². The third kappa shape index (κ3) is 7.09. The standard InChI is InChI=1S/C20H28N8O3/c1-2-19(29)25(16-27-12-10-21-23-27)14-15-26(17-28-13-11-22-24-28)20(30)31-18-8-6-4-3-5-7-9-18/h10-13,18H,2-6,8,14-17H2,1H3. The summed E-state index contributed by atoms with van der Waals surface area (Å²) in [5, 5.41) is 15.4. The van der Waals surface area contributed by atoms with Crippen molar-refractivity contribution in [3.8, 4) is 11.8 Å². The van der Waals surface area contributed by atoms with E-state index in [9.17, 15) is 9.59 Å². The Labute approximate surface area is 181 Å². The minimum atomic E-state index is -0.486. The highest BCUT2D eigenvalue weighted by atomic mass is 16.6. The molecule has 166 valence electrons. The minimum Gasteiger partial charge on any atom is -0.433 e. The van der Waals surface area contributed by atoms with Crippen LogP contribution in [0, 0.1) is 11.8 Å². The van der Waals surface area contributed by atoms with Gasteiger partial charge in [0.05, 0.1) is 12.4 Å². The summed E-state index contributed by atoms with van der Waals surface area (Å²) >= 11 is 0. The summed E-state index contributed by atoms with van der Waals surface area (Å²) in [4.78, 5) is 28.5. The molecule has 0 saturated carbocycles. The first-order chi connectivity index (χ1) is 15.2. The summed E-state index contributed by atoms with van der Waals surface area (Å²) in [5.41, 5.74) is 0. The maximum Gasteiger partial charge on any atom is 0.412 e. The Morgan fingerprint density at radius 3 is 2.35 bits per heavy atom. The fourth-order valence-electron chi connectivity index (χ4n) is 3.19. The minimum absolute atomic E-state index is 0.0459. The highest BCUT2D eigenvalue weighted by Crippen LogP contribution is 2.13. The normalized spacial score (nSPS) is 15.8. The van der Waals surface area contributed by atoms with E-state index >= 15 is 0 Å². The number of rotatable bonds is 9. The Balaban J connectivity index is 1.66. The molecule has 31 heavy (non-hydrogen) atoms. The van der Waals surface area contributed by atoms with Gasteiger partial charge >= 0.3 is 6.09 Å². The first kappa shape index (κ1) is 22.3. The van der Waals surface area contributed by atoms with Crippen LogP contribution >= 0.6 is 0 Å². The molecule has 0 N–H and O–H groups in total. The predicted octanol–water partition coefficient (Wildman–Crippen LogP) is 1.50. The molecule has 0 spiro atoms. The SMILES string of the molecule is CCC(=O)N(CCN(Cn1ccnn1)C(=O)OC1C#CCCCCC1)Cn1ccnn1. The van der Waals surface area contributed by atoms with E-state index in [0.29, 0.717) is 13.0 Å². The summed E-state index contributed by atoms with van der Waals surface area (Å²) < 4.78 is 8.79. The largest absolute Gasteiger partial charge is 0.433 e. The van der Waals surface area contributed by atoms with E-state index in [0.717, 1.165) is 32.1 Å². The lowest BCUT2D eigenvalue weighted by molar-refractivity contribution is -0.133. The van der Waals surface area contributed by atoms with Crippen molar-refractivity contribution < 1.29 is 14.3 Å². The highest BCUT2D eigenvalue weighted by Gasteiger charge is 2.22. The smallest absolute Gasteiger partial charge is 0.412 e. The van der Waals surface area contributed by atoms with Crippen LogP contribution in [0.15, 0.2) is 24.8 Å². The molecule has 0 radical (unpaired) electrons. The molecule has 0 fully saturated rings. The molecule has 0 bridgehead atoms. The molecule has 2 aromatic rings. The molecule has 0 aliphatic heterocycles. The van der Waals surface area contributed by atoms with E-state index in [-0.39, 0.29) is 25.8 Å². The molecular weight excluding hydrogens is 400 g/mol. The van der Waals surface area contributed by atoms with Crippen LogP contribution in [-0.4, -0.2) is 71.0 Å². The van der Waals surface area contributed by atoms with E-state index in [1.807, 2.05) is 0 Å². The lowest BCUT2D eigenvalue weighted by Crippen LogP contribution is -2.43. The fraction of sp³-hybridized carbons (Fsp3) is 0.600. The van der Waals surface area contributed by atoms with Gasteiger partial charge in [-0.1, -0.05) is 35.6 Å². The Morgan fingerprint density at radius 1 is 1.03 bits per heavy atom. The van der Waals surface area contributed by atoms with Crippen LogP contribution < -0.4 is 0 Å². The number of carbonyl (C=O) groups excluding carboxylic acids is 2. The van der Waals surface area contributed by atoms with Gasteiger partial charge in [0, 0.05) is 38.3 Å². The highest BCUT2D eigenvalue weighted by molar-refractivity contribution is 5.75. The van der Waals surface area contributed by atoms with Crippen LogP contribution in [-0.2, 0) is 22.9 Å². The number of aromatic nitrogens is 6. The Kier molecular flexibility index (Phi) is 8.39.